The van der Waals surface area contributed by atoms with E-state index in [2.05, 4.69) is 5.32 Å². The molecule has 0 saturated heterocycles. The Balaban J connectivity index is 1.53. The van der Waals surface area contributed by atoms with Crippen molar-refractivity contribution in [1.29, 1.82) is 0 Å². The van der Waals surface area contributed by atoms with Crippen molar-refractivity contribution < 1.29 is 9.47 Å². The van der Waals surface area contributed by atoms with Gasteiger partial charge < -0.3 is 14.8 Å². The van der Waals surface area contributed by atoms with Gasteiger partial charge in [0.2, 0.25) is 0 Å². The lowest BCUT2D eigenvalue weighted by Gasteiger charge is -2.14. The number of anilines is 1. The molecule has 0 aliphatic rings. The summed E-state index contributed by atoms with van der Waals surface area (Å²) in [5, 5.41) is 4.13. The maximum Gasteiger partial charge on any atom is 0.142 e. The molecule has 0 atom stereocenters. The molecule has 0 unspecified atom stereocenters. The first-order chi connectivity index (χ1) is 12.3. The van der Waals surface area contributed by atoms with Crippen molar-refractivity contribution in [2.45, 2.75) is 6.54 Å². The molecule has 0 aliphatic heterocycles. The highest BCUT2D eigenvalue weighted by atomic mass is 35.5. The van der Waals surface area contributed by atoms with E-state index in [9.17, 15) is 0 Å². The number of halogens is 1. The van der Waals surface area contributed by atoms with Gasteiger partial charge in [-0.2, -0.15) is 0 Å². The minimum atomic E-state index is 0.472. The van der Waals surface area contributed by atoms with Crippen molar-refractivity contribution >= 4 is 17.3 Å². The summed E-state index contributed by atoms with van der Waals surface area (Å²) in [4.78, 5) is 0. The number of nitrogens with one attached hydrogen (secondary N) is 1. The van der Waals surface area contributed by atoms with Crippen LogP contribution in [0.5, 0.6) is 11.5 Å². The molecule has 0 amide bonds. The van der Waals surface area contributed by atoms with Crippen LogP contribution in [0.15, 0.2) is 78.9 Å². The summed E-state index contributed by atoms with van der Waals surface area (Å²) in [7, 11) is 0. The average molecular weight is 354 g/mol. The van der Waals surface area contributed by atoms with Crippen LogP contribution in [0.1, 0.15) is 5.56 Å². The molecule has 4 heteroatoms. The second-order valence-electron chi connectivity index (χ2n) is 5.45. The second-order valence-corrected chi connectivity index (χ2v) is 5.86. The molecule has 0 spiro atoms. The molecular formula is C21H20ClNO2. The number of hydrogen-bond acceptors (Lipinski definition) is 3. The van der Waals surface area contributed by atoms with Crippen molar-refractivity contribution in [3.63, 3.8) is 0 Å². The summed E-state index contributed by atoms with van der Waals surface area (Å²) in [6, 6.07) is 25.4. The molecule has 0 aliphatic carbocycles. The zero-order chi connectivity index (χ0) is 17.3. The number of rotatable bonds is 8. The average Bonchev–Trinajstić information content (AvgIpc) is 2.66. The van der Waals surface area contributed by atoms with Gasteiger partial charge in [-0.3, -0.25) is 0 Å². The summed E-state index contributed by atoms with van der Waals surface area (Å²) in [5.41, 5.74) is 1.98. The van der Waals surface area contributed by atoms with Crippen LogP contribution in [-0.4, -0.2) is 13.2 Å². The standard InChI is InChI=1S/C21H20ClNO2/c22-19-11-5-4-8-17(19)16-23-20-12-6-7-13-21(20)25-15-14-24-18-9-2-1-3-10-18/h1-13,23H,14-16H2. The summed E-state index contributed by atoms with van der Waals surface area (Å²) < 4.78 is 11.5. The molecular weight excluding hydrogens is 334 g/mol. The third kappa shape index (κ3) is 5.16. The van der Waals surface area contributed by atoms with Gasteiger partial charge in [0.25, 0.3) is 0 Å². The molecule has 0 aromatic heterocycles. The van der Waals surface area contributed by atoms with Crippen molar-refractivity contribution in [3.05, 3.63) is 89.4 Å². The lowest BCUT2D eigenvalue weighted by atomic mass is 10.2. The Morgan fingerprint density at radius 1 is 0.720 bits per heavy atom. The Labute approximate surface area is 153 Å². The lowest BCUT2D eigenvalue weighted by molar-refractivity contribution is 0.218. The van der Waals surface area contributed by atoms with E-state index >= 15 is 0 Å². The molecule has 0 radical (unpaired) electrons. The Hall–Kier alpha value is -2.65. The monoisotopic (exact) mass is 353 g/mol. The van der Waals surface area contributed by atoms with Crippen molar-refractivity contribution in [2.24, 2.45) is 0 Å². The molecule has 3 rings (SSSR count). The predicted molar refractivity (Wildman–Crippen MR) is 103 cm³/mol. The van der Waals surface area contributed by atoms with Gasteiger partial charge in [0, 0.05) is 11.6 Å². The van der Waals surface area contributed by atoms with Crippen molar-refractivity contribution in [2.75, 3.05) is 18.5 Å². The van der Waals surface area contributed by atoms with Crippen LogP contribution in [0.25, 0.3) is 0 Å². The molecule has 3 nitrogen and oxygen atoms in total. The van der Waals surface area contributed by atoms with Crippen LogP contribution in [0.4, 0.5) is 5.69 Å². The third-order valence-corrected chi connectivity index (χ3v) is 4.04. The van der Waals surface area contributed by atoms with Gasteiger partial charge in [-0.15, -0.1) is 0 Å². The van der Waals surface area contributed by atoms with E-state index in [0.717, 1.165) is 27.8 Å². The Morgan fingerprint density at radius 2 is 1.40 bits per heavy atom. The first-order valence-corrected chi connectivity index (χ1v) is 8.58. The summed E-state index contributed by atoms with van der Waals surface area (Å²) in [5.74, 6) is 1.64. The fourth-order valence-corrected chi connectivity index (χ4v) is 2.60. The maximum absolute atomic E-state index is 6.20. The molecule has 0 fully saturated rings. The molecule has 25 heavy (non-hydrogen) atoms. The van der Waals surface area contributed by atoms with E-state index in [1.54, 1.807) is 0 Å². The predicted octanol–water partition coefficient (Wildman–Crippen LogP) is 5.41. The topological polar surface area (TPSA) is 30.5 Å². The van der Waals surface area contributed by atoms with Gasteiger partial charge in [0.15, 0.2) is 0 Å². The highest BCUT2D eigenvalue weighted by molar-refractivity contribution is 6.31. The van der Waals surface area contributed by atoms with Gasteiger partial charge in [-0.05, 0) is 35.9 Å². The molecule has 1 N–H and O–H groups in total. The van der Waals surface area contributed by atoms with E-state index in [1.165, 1.54) is 0 Å². The van der Waals surface area contributed by atoms with Gasteiger partial charge in [0.1, 0.15) is 24.7 Å². The normalized spacial score (nSPS) is 10.3. The second kappa shape index (κ2) is 9.00. The van der Waals surface area contributed by atoms with E-state index in [1.807, 2.05) is 78.9 Å². The van der Waals surface area contributed by atoms with Crippen LogP contribution in [0.2, 0.25) is 5.02 Å². The zero-order valence-corrected chi connectivity index (χ0v) is 14.6. The van der Waals surface area contributed by atoms with E-state index in [4.69, 9.17) is 21.1 Å². The molecule has 128 valence electrons. The fourth-order valence-electron chi connectivity index (χ4n) is 2.40. The Morgan fingerprint density at radius 3 is 2.24 bits per heavy atom. The lowest BCUT2D eigenvalue weighted by Crippen LogP contribution is -2.10. The molecule has 3 aromatic carbocycles. The van der Waals surface area contributed by atoms with E-state index < -0.39 is 0 Å². The number of benzene rings is 3. The largest absolute Gasteiger partial charge is 0.490 e. The van der Waals surface area contributed by atoms with Crippen LogP contribution in [-0.2, 0) is 6.54 Å². The summed E-state index contributed by atoms with van der Waals surface area (Å²) >= 11 is 6.20. The van der Waals surface area contributed by atoms with Crippen LogP contribution in [0.3, 0.4) is 0 Å². The number of ether oxygens (including phenoxy) is 2. The van der Waals surface area contributed by atoms with Crippen molar-refractivity contribution in [1.82, 2.24) is 0 Å². The summed E-state index contributed by atoms with van der Waals surface area (Å²) in [6.45, 7) is 1.60. The number of para-hydroxylation sites is 3. The molecule has 0 heterocycles. The van der Waals surface area contributed by atoms with Crippen LogP contribution < -0.4 is 14.8 Å². The SMILES string of the molecule is Clc1ccccc1CNc1ccccc1OCCOc1ccccc1. The van der Waals surface area contributed by atoms with Gasteiger partial charge in [0.05, 0.1) is 5.69 Å². The highest BCUT2D eigenvalue weighted by Gasteiger charge is 2.04. The Bertz CT molecular complexity index is 793. The van der Waals surface area contributed by atoms with E-state index in [-0.39, 0.29) is 0 Å². The summed E-state index contributed by atoms with van der Waals surface area (Å²) in [6.07, 6.45) is 0. The van der Waals surface area contributed by atoms with Crippen LogP contribution in [0, 0.1) is 0 Å². The third-order valence-electron chi connectivity index (χ3n) is 3.67. The first-order valence-electron chi connectivity index (χ1n) is 8.20. The van der Waals surface area contributed by atoms with Gasteiger partial charge >= 0.3 is 0 Å². The smallest absolute Gasteiger partial charge is 0.142 e. The number of hydrogen-bond donors (Lipinski definition) is 1. The molecule has 0 bridgehead atoms. The molecule has 3 aromatic rings. The quantitative estimate of drug-likeness (QED) is 0.549. The first kappa shape index (κ1) is 17.2. The van der Waals surface area contributed by atoms with Gasteiger partial charge in [-0.25, -0.2) is 0 Å². The van der Waals surface area contributed by atoms with Crippen molar-refractivity contribution in [3.8, 4) is 11.5 Å². The van der Waals surface area contributed by atoms with E-state index in [0.29, 0.717) is 19.8 Å². The fraction of sp³-hybridized carbons (Fsp3) is 0.143. The Kier molecular flexibility index (Phi) is 6.18. The zero-order valence-electron chi connectivity index (χ0n) is 13.8. The molecule has 0 saturated carbocycles. The minimum Gasteiger partial charge on any atom is -0.490 e. The maximum atomic E-state index is 6.20. The minimum absolute atomic E-state index is 0.472. The highest BCUT2D eigenvalue weighted by Crippen LogP contribution is 2.25. The van der Waals surface area contributed by atoms with Crippen LogP contribution >= 0.6 is 11.6 Å². The van der Waals surface area contributed by atoms with Gasteiger partial charge in [-0.1, -0.05) is 60.1 Å².